The Morgan fingerprint density at radius 2 is 2.04 bits per heavy atom. The van der Waals surface area contributed by atoms with Crippen LogP contribution >= 0.6 is 0 Å². The van der Waals surface area contributed by atoms with Gasteiger partial charge in [-0.1, -0.05) is 0 Å². The molecule has 0 radical (unpaired) electrons. The van der Waals surface area contributed by atoms with Crippen molar-refractivity contribution in [3.63, 3.8) is 0 Å². The van der Waals surface area contributed by atoms with Crippen LogP contribution in [0.4, 0.5) is 13.2 Å². The molecular formula is C14H16F3N5O2. The number of rotatable bonds is 4. The van der Waals surface area contributed by atoms with E-state index >= 15 is 0 Å². The minimum Gasteiger partial charge on any atom is -0.460 e. The van der Waals surface area contributed by atoms with E-state index in [2.05, 4.69) is 25.1 Å². The van der Waals surface area contributed by atoms with Crippen LogP contribution in [0.25, 0.3) is 0 Å². The zero-order valence-corrected chi connectivity index (χ0v) is 13.0. The molecule has 2 aromatic rings. The van der Waals surface area contributed by atoms with E-state index in [9.17, 15) is 13.2 Å². The van der Waals surface area contributed by atoms with Crippen molar-refractivity contribution in [1.82, 2.24) is 25.1 Å². The maximum absolute atomic E-state index is 12.6. The lowest BCUT2D eigenvalue weighted by molar-refractivity contribution is -0.141. The van der Waals surface area contributed by atoms with Crippen molar-refractivity contribution in [3.05, 3.63) is 29.7 Å². The van der Waals surface area contributed by atoms with Gasteiger partial charge in [0.1, 0.15) is 6.10 Å². The normalized spacial score (nSPS) is 17.2. The van der Waals surface area contributed by atoms with Crippen LogP contribution < -0.4 is 4.74 Å². The van der Waals surface area contributed by atoms with E-state index in [-0.39, 0.29) is 12.1 Å². The molecule has 3 heterocycles. The molecule has 0 unspecified atom stereocenters. The molecule has 0 N–H and O–H groups in total. The average molecular weight is 343 g/mol. The fourth-order valence-electron chi connectivity index (χ4n) is 2.48. The zero-order valence-electron chi connectivity index (χ0n) is 13.0. The number of hydrogen-bond donors (Lipinski definition) is 0. The number of aryl methyl sites for hydroxylation is 1. The maximum atomic E-state index is 12.6. The molecule has 1 aliphatic rings. The Balaban J connectivity index is 1.52. The Labute approximate surface area is 135 Å². The van der Waals surface area contributed by atoms with Gasteiger partial charge in [0.15, 0.2) is 5.69 Å². The fraction of sp³-hybridized carbons (Fsp3) is 0.571. The minimum absolute atomic E-state index is 0.214. The molecule has 0 saturated carbocycles. The van der Waals surface area contributed by atoms with Crippen LogP contribution in [0.15, 0.2) is 16.7 Å². The van der Waals surface area contributed by atoms with Crippen molar-refractivity contribution in [1.29, 1.82) is 0 Å². The summed E-state index contributed by atoms with van der Waals surface area (Å²) in [6.45, 7) is 3.70. The topological polar surface area (TPSA) is 77.2 Å². The second-order valence-electron chi connectivity index (χ2n) is 5.53. The lowest BCUT2D eigenvalue weighted by atomic mass is 10.1. The molecule has 2 aromatic heterocycles. The molecule has 0 amide bonds. The van der Waals surface area contributed by atoms with Crippen LogP contribution in [-0.4, -0.2) is 44.3 Å². The first-order valence-corrected chi connectivity index (χ1v) is 7.48. The van der Waals surface area contributed by atoms with Gasteiger partial charge < -0.3 is 9.15 Å². The van der Waals surface area contributed by atoms with Gasteiger partial charge in [0.2, 0.25) is 11.8 Å². The smallest absolute Gasteiger partial charge is 0.433 e. The van der Waals surface area contributed by atoms with Crippen molar-refractivity contribution in [2.45, 2.75) is 38.6 Å². The highest BCUT2D eigenvalue weighted by Gasteiger charge is 2.33. The Hall–Kier alpha value is -2.23. The van der Waals surface area contributed by atoms with Crippen molar-refractivity contribution in [2.75, 3.05) is 13.1 Å². The summed E-state index contributed by atoms with van der Waals surface area (Å²) in [6.07, 6.45) is -2.35. The summed E-state index contributed by atoms with van der Waals surface area (Å²) >= 11 is 0. The van der Waals surface area contributed by atoms with Gasteiger partial charge in [-0.15, -0.1) is 10.2 Å². The molecule has 10 heteroatoms. The van der Waals surface area contributed by atoms with E-state index in [1.165, 1.54) is 0 Å². The Bertz CT molecular complexity index is 683. The summed E-state index contributed by atoms with van der Waals surface area (Å²) in [7, 11) is 0. The van der Waals surface area contributed by atoms with E-state index in [4.69, 9.17) is 9.15 Å². The van der Waals surface area contributed by atoms with Crippen LogP contribution in [0.3, 0.4) is 0 Å². The van der Waals surface area contributed by atoms with Gasteiger partial charge in [-0.05, 0) is 18.9 Å². The predicted octanol–water partition coefficient (Wildman–Crippen LogP) is 2.23. The van der Waals surface area contributed by atoms with Crippen molar-refractivity contribution < 1.29 is 22.3 Å². The summed E-state index contributed by atoms with van der Waals surface area (Å²) in [6, 6.07) is 0.581. The Kier molecular flexibility index (Phi) is 4.65. The lowest BCUT2D eigenvalue weighted by Gasteiger charge is -2.30. The number of ether oxygens (including phenoxy) is 1. The first kappa shape index (κ1) is 16.6. The number of nitrogens with zero attached hydrogens (tertiary/aromatic N) is 5. The summed E-state index contributed by atoms with van der Waals surface area (Å²) < 4.78 is 48.7. The molecule has 0 aliphatic carbocycles. The van der Waals surface area contributed by atoms with Gasteiger partial charge in [0, 0.05) is 26.2 Å². The first-order valence-electron chi connectivity index (χ1n) is 7.48. The van der Waals surface area contributed by atoms with Crippen LogP contribution in [0.2, 0.25) is 0 Å². The lowest BCUT2D eigenvalue weighted by Crippen LogP contribution is -2.38. The van der Waals surface area contributed by atoms with Crippen molar-refractivity contribution in [2.24, 2.45) is 0 Å². The van der Waals surface area contributed by atoms with Crippen LogP contribution in [0.5, 0.6) is 6.01 Å². The van der Waals surface area contributed by atoms with E-state index < -0.39 is 11.9 Å². The monoisotopic (exact) mass is 343 g/mol. The molecule has 1 fully saturated rings. The highest BCUT2D eigenvalue weighted by Crippen LogP contribution is 2.28. The van der Waals surface area contributed by atoms with Gasteiger partial charge in [0.05, 0.1) is 6.54 Å². The van der Waals surface area contributed by atoms with Crippen LogP contribution in [0, 0.1) is 6.92 Å². The molecule has 0 atom stereocenters. The summed E-state index contributed by atoms with van der Waals surface area (Å²) in [5.74, 6) is 1.07. The SMILES string of the molecule is Cc1nnc(CN2CCC(Oc3nccc(C(F)(F)F)n3)CC2)o1. The molecule has 0 aromatic carbocycles. The first-order chi connectivity index (χ1) is 11.4. The number of likely N-dealkylation sites (tertiary alicyclic amines) is 1. The molecule has 1 aliphatic heterocycles. The molecule has 130 valence electrons. The third-order valence-corrected chi connectivity index (χ3v) is 3.66. The van der Waals surface area contributed by atoms with E-state index in [1.54, 1.807) is 6.92 Å². The summed E-state index contributed by atoms with van der Waals surface area (Å²) in [4.78, 5) is 9.30. The van der Waals surface area contributed by atoms with Crippen LogP contribution in [-0.2, 0) is 12.7 Å². The third-order valence-electron chi connectivity index (χ3n) is 3.66. The van der Waals surface area contributed by atoms with Crippen LogP contribution in [0.1, 0.15) is 30.3 Å². The molecule has 24 heavy (non-hydrogen) atoms. The van der Waals surface area contributed by atoms with Crippen molar-refractivity contribution in [3.8, 4) is 6.01 Å². The maximum Gasteiger partial charge on any atom is 0.433 e. The quantitative estimate of drug-likeness (QED) is 0.842. The highest BCUT2D eigenvalue weighted by atomic mass is 19.4. The number of hydrogen-bond acceptors (Lipinski definition) is 7. The minimum atomic E-state index is -4.51. The molecule has 1 saturated heterocycles. The van der Waals surface area contributed by atoms with E-state index in [0.717, 1.165) is 12.3 Å². The van der Waals surface area contributed by atoms with Gasteiger partial charge in [-0.25, -0.2) is 4.98 Å². The van der Waals surface area contributed by atoms with Gasteiger partial charge in [0.25, 0.3) is 0 Å². The number of alkyl halides is 3. The molecule has 0 spiro atoms. The molecule has 3 rings (SSSR count). The predicted molar refractivity (Wildman–Crippen MR) is 75.0 cm³/mol. The highest BCUT2D eigenvalue weighted by molar-refractivity contribution is 5.09. The third kappa shape index (κ3) is 4.19. The average Bonchev–Trinajstić information content (AvgIpc) is 2.94. The number of piperidine rings is 1. The van der Waals surface area contributed by atoms with Gasteiger partial charge in [-0.2, -0.15) is 18.2 Å². The Morgan fingerprint density at radius 1 is 1.29 bits per heavy atom. The Morgan fingerprint density at radius 3 is 2.67 bits per heavy atom. The summed E-state index contributed by atoms with van der Waals surface area (Å²) in [5, 5.41) is 7.72. The summed E-state index contributed by atoms with van der Waals surface area (Å²) in [5.41, 5.74) is -1.00. The van der Waals surface area contributed by atoms with Gasteiger partial charge in [-0.3, -0.25) is 4.90 Å². The van der Waals surface area contributed by atoms with Gasteiger partial charge >= 0.3 is 12.2 Å². The zero-order chi connectivity index (χ0) is 17.2. The largest absolute Gasteiger partial charge is 0.460 e. The van der Waals surface area contributed by atoms with E-state index in [0.29, 0.717) is 44.3 Å². The fourth-order valence-corrected chi connectivity index (χ4v) is 2.48. The molecule has 7 nitrogen and oxygen atoms in total. The second kappa shape index (κ2) is 6.71. The number of aromatic nitrogens is 4. The molecule has 0 bridgehead atoms. The number of halogens is 3. The second-order valence-corrected chi connectivity index (χ2v) is 5.53. The van der Waals surface area contributed by atoms with E-state index in [1.807, 2.05) is 0 Å². The molecular weight excluding hydrogens is 327 g/mol. The van der Waals surface area contributed by atoms with Crippen molar-refractivity contribution >= 4 is 0 Å². The standard InChI is InChI=1S/C14H16F3N5O2/c1-9-20-21-12(23-9)8-22-6-3-10(4-7-22)24-13-18-5-2-11(19-13)14(15,16)17/h2,5,10H,3-4,6-8H2,1H3.